The number of aromatic nitrogens is 1. The Hall–Kier alpha value is -0.690. The molecule has 1 N–H and O–H groups in total. The van der Waals surface area contributed by atoms with Gasteiger partial charge in [0.25, 0.3) is 0 Å². The first kappa shape index (κ1) is 14.7. The summed E-state index contributed by atoms with van der Waals surface area (Å²) in [5, 5.41) is 10.3. The zero-order valence-corrected chi connectivity index (χ0v) is 12.4. The van der Waals surface area contributed by atoms with Crippen LogP contribution in [0.1, 0.15) is 30.3 Å². The average Bonchev–Trinajstić information content (AvgIpc) is 3.05. The molecule has 1 aromatic heterocycles. The lowest BCUT2D eigenvalue weighted by Crippen LogP contribution is -2.31. The van der Waals surface area contributed by atoms with Gasteiger partial charge >= 0.3 is 0 Å². The van der Waals surface area contributed by atoms with E-state index in [0.717, 1.165) is 48.2 Å². The number of thiazole rings is 1. The smallest absolute Gasteiger partial charge is 0.186 e. The monoisotopic (exact) mass is 286 g/mol. The van der Waals surface area contributed by atoms with Crippen molar-refractivity contribution in [3.63, 3.8) is 0 Å². The summed E-state index contributed by atoms with van der Waals surface area (Å²) in [6, 6.07) is 0. The van der Waals surface area contributed by atoms with Crippen LogP contribution in [0.5, 0.6) is 0 Å². The van der Waals surface area contributed by atoms with E-state index in [1.165, 1.54) is 0 Å². The Bertz CT molecular complexity index is 391. The molecule has 1 saturated heterocycles. The van der Waals surface area contributed by atoms with Crippen molar-refractivity contribution >= 4 is 16.5 Å². The molecule has 108 valence electrons. The van der Waals surface area contributed by atoms with Gasteiger partial charge in [-0.3, -0.25) is 0 Å². The van der Waals surface area contributed by atoms with E-state index in [1.54, 1.807) is 18.4 Å². The highest BCUT2D eigenvalue weighted by atomic mass is 32.1. The van der Waals surface area contributed by atoms with Gasteiger partial charge in [0.15, 0.2) is 5.13 Å². The van der Waals surface area contributed by atoms with Crippen LogP contribution in [0, 0.1) is 0 Å². The van der Waals surface area contributed by atoms with E-state index in [2.05, 4.69) is 16.8 Å². The number of nitrogens with zero attached hydrogens (tertiary/aromatic N) is 2. The summed E-state index contributed by atoms with van der Waals surface area (Å²) in [5.41, 5.74) is 0.843. The molecule has 0 aliphatic carbocycles. The van der Waals surface area contributed by atoms with Gasteiger partial charge in [-0.05, 0) is 19.8 Å². The van der Waals surface area contributed by atoms with E-state index < -0.39 is 0 Å². The molecule has 0 saturated carbocycles. The van der Waals surface area contributed by atoms with Crippen molar-refractivity contribution in [3.05, 3.63) is 10.6 Å². The molecule has 1 aliphatic rings. The number of rotatable bonds is 7. The van der Waals surface area contributed by atoms with E-state index in [1.807, 2.05) is 0 Å². The minimum atomic E-state index is 0.0217. The number of anilines is 1. The SMILES string of the molecule is CCN(CC1CCCO1)c1nc(COC)c(CO)s1. The minimum Gasteiger partial charge on any atom is -0.391 e. The van der Waals surface area contributed by atoms with Crippen molar-refractivity contribution in [2.24, 2.45) is 0 Å². The molecule has 0 aromatic carbocycles. The Kier molecular flexibility index (Phi) is 5.57. The van der Waals surface area contributed by atoms with Gasteiger partial charge in [0.05, 0.1) is 29.9 Å². The molecule has 1 unspecified atom stereocenters. The Labute approximate surface area is 118 Å². The quantitative estimate of drug-likeness (QED) is 0.828. The van der Waals surface area contributed by atoms with Gasteiger partial charge in [0, 0.05) is 26.8 Å². The average molecular weight is 286 g/mol. The van der Waals surface area contributed by atoms with Crippen molar-refractivity contribution in [1.29, 1.82) is 0 Å². The lowest BCUT2D eigenvalue weighted by molar-refractivity contribution is 0.115. The van der Waals surface area contributed by atoms with Gasteiger partial charge in [-0.25, -0.2) is 4.98 Å². The molecule has 5 nitrogen and oxygen atoms in total. The topological polar surface area (TPSA) is 54.8 Å². The fraction of sp³-hybridized carbons (Fsp3) is 0.769. The first-order valence-corrected chi connectivity index (χ1v) is 7.55. The Balaban J connectivity index is 2.08. The Morgan fingerprint density at radius 1 is 1.58 bits per heavy atom. The van der Waals surface area contributed by atoms with Crippen molar-refractivity contribution in [3.8, 4) is 0 Å². The molecule has 1 fully saturated rings. The van der Waals surface area contributed by atoms with Gasteiger partial charge in [-0.1, -0.05) is 11.3 Å². The highest BCUT2D eigenvalue weighted by Gasteiger charge is 2.21. The number of hydrogen-bond acceptors (Lipinski definition) is 6. The number of aliphatic hydroxyl groups excluding tert-OH is 1. The van der Waals surface area contributed by atoms with Crippen LogP contribution in [0.2, 0.25) is 0 Å². The normalized spacial score (nSPS) is 19.0. The molecular weight excluding hydrogens is 264 g/mol. The molecule has 1 aromatic rings. The molecule has 19 heavy (non-hydrogen) atoms. The maximum absolute atomic E-state index is 9.37. The van der Waals surface area contributed by atoms with Crippen LogP contribution < -0.4 is 4.90 Å². The van der Waals surface area contributed by atoms with Gasteiger partial charge < -0.3 is 19.5 Å². The third-order valence-electron chi connectivity index (χ3n) is 3.29. The fourth-order valence-corrected chi connectivity index (χ4v) is 3.25. The standard InChI is InChI=1S/C13H22N2O3S/c1-3-15(7-10-5-4-6-18-10)13-14-11(9-17-2)12(8-16)19-13/h10,16H,3-9H2,1-2H3. The van der Waals surface area contributed by atoms with Gasteiger partial charge in [0.2, 0.25) is 0 Å². The maximum Gasteiger partial charge on any atom is 0.186 e. The zero-order valence-electron chi connectivity index (χ0n) is 11.6. The van der Waals surface area contributed by atoms with Gasteiger partial charge in [-0.15, -0.1) is 0 Å². The predicted octanol–water partition coefficient (Wildman–Crippen LogP) is 1.79. The summed E-state index contributed by atoms with van der Waals surface area (Å²) < 4.78 is 10.8. The van der Waals surface area contributed by atoms with Crippen molar-refractivity contribution < 1.29 is 14.6 Å². The molecule has 0 radical (unpaired) electrons. The minimum absolute atomic E-state index is 0.0217. The molecule has 1 aliphatic heterocycles. The number of aliphatic hydroxyl groups is 1. The summed E-state index contributed by atoms with van der Waals surface area (Å²) in [5.74, 6) is 0. The predicted molar refractivity (Wildman–Crippen MR) is 75.6 cm³/mol. The van der Waals surface area contributed by atoms with Crippen LogP contribution in [0.15, 0.2) is 0 Å². The summed E-state index contributed by atoms with van der Waals surface area (Å²) in [7, 11) is 1.64. The molecule has 2 heterocycles. The second kappa shape index (κ2) is 7.19. The maximum atomic E-state index is 9.37. The molecule has 0 bridgehead atoms. The number of methoxy groups -OCH3 is 1. The van der Waals surface area contributed by atoms with E-state index >= 15 is 0 Å². The molecule has 2 rings (SSSR count). The summed E-state index contributed by atoms with van der Waals surface area (Å²) >= 11 is 1.54. The van der Waals surface area contributed by atoms with E-state index in [9.17, 15) is 5.11 Å². The second-order valence-electron chi connectivity index (χ2n) is 4.63. The molecule has 6 heteroatoms. The summed E-state index contributed by atoms with van der Waals surface area (Å²) in [4.78, 5) is 7.70. The highest BCUT2D eigenvalue weighted by molar-refractivity contribution is 7.15. The fourth-order valence-electron chi connectivity index (χ4n) is 2.25. The van der Waals surface area contributed by atoms with Crippen molar-refractivity contribution in [2.45, 2.75) is 39.1 Å². The lowest BCUT2D eigenvalue weighted by Gasteiger charge is -2.23. The van der Waals surface area contributed by atoms with Crippen molar-refractivity contribution in [1.82, 2.24) is 4.98 Å². The first-order chi connectivity index (χ1) is 9.28. The molecule has 0 spiro atoms. The number of ether oxygens (including phenoxy) is 2. The summed E-state index contributed by atoms with van der Waals surface area (Å²) in [6.45, 7) is 5.23. The van der Waals surface area contributed by atoms with Crippen LogP contribution in [-0.4, -0.2) is 43.0 Å². The van der Waals surface area contributed by atoms with Gasteiger partial charge in [-0.2, -0.15) is 0 Å². The van der Waals surface area contributed by atoms with Crippen LogP contribution in [0.25, 0.3) is 0 Å². The molecule has 1 atom stereocenters. The van der Waals surface area contributed by atoms with E-state index in [0.29, 0.717) is 12.7 Å². The van der Waals surface area contributed by atoms with Crippen molar-refractivity contribution in [2.75, 3.05) is 31.7 Å². The zero-order chi connectivity index (χ0) is 13.7. The highest BCUT2D eigenvalue weighted by Crippen LogP contribution is 2.28. The first-order valence-electron chi connectivity index (χ1n) is 6.73. The second-order valence-corrected chi connectivity index (χ2v) is 5.69. The lowest BCUT2D eigenvalue weighted by atomic mass is 10.2. The Morgan fingerprint density at radius 2 is 2.42 bits per heavy atom. The van der Waals surface area contributed by atoms with Crippen LogP contribution in [0.4, 0.5) is 5.13 Å². The van der Waals surface area contributed by atoms with E-state index in [4.69, 9.17) is 9.47 Å². The number of hydrogen-bond donors (Lipinski definition) is 1. The third kappa shape index (κ3) is 3.66. The molecular formula is C13H22N2O3S. The summed E-state index contributed by atoms with van der Waals surface area (Å²) in [6.07, 6.45) is 2.59. The van der Waals surface area contributed by atoms with Crippen LogP contribution in [0.3, 0.4) is 0 Å². The van der Waals surface area contributed by atoms with Crippen LogP contribution in [-0.2, 0) is 22.7 Å². The van der Waals surface area contributed by atoms with E-state index in [-0.39, 0.29) is 6.61 Å². The molecule has 0 amide bonds. The Morgan fingerprint density at radius 3 is 3.00 bits per heavy atom. The number of likely N-dealkylation sites (N-methyl/N-ethyl adjacent to an activating group) is 1. The van der Waals surface area contributed by atoms with Crippen LogP contribution >= 0.6 is 11.3 Å². The third-order valence-corrected chi connectivity index (χ3v) is 4.44. The van der Waals surface area contributed by atoms with Gasteiger partial charge in [0.1, 0.15) is 0 Å². The largest absolute Gasteiger partial charge is 0.391 e.